The summed E-state index contributed by atoms with van der Waals surface area (Å²) in [5.41, 5.74) is 0.495. The van der Waals surface area contributed by atoms with Gasteiger partial charge >= 0.3 is 12.1 Å². The van der Waals surface area contributed by atoms with Gasteiger partial charge in [-0.2, -0.15) is 13.2 Å². The van der Waals surface area contributed by atoms with Crippen LogP contribution >= 0.6 is 0 Å². The summed E-state index contributed by atoms with van der Waals surface area (Å²) < 4.78 is 60.4. The van der Waals surface area contributed by atoms with Crippen molar-refractivity contribution in [2.75, 3.05) is 69.8 Å². The maximum Gasteiger partial charge on any atom is 0.416 e. The van der Waals surface area contributed by atoms with E-state index in [1.165, 1.54) is 0 Å². The van der Waals surface area contributed by atoms with Crippen molar-refractivity contribution in [3.05, 3.63) is 48.0 Å². The van der Waals surface area contributed by atoms with Gasteiger partial charge in [0, 0.05) is 64.4 Å². The van der Waals surface area contributed by atoms with Gasteiger partial charge in [0.2, 0.25) is 0 Å². The molecule has 1 fully saturated rings. The Labute approximate surface area is 263 Å². The molecular weight excluding hydrogens is 608 g/mol. The zero-order valence-corrected chi connectivity index (χ0v) is 26.0. The molecule has 1 aliphatic heterocycles. The maximum atomic E-state index is 14.4. The van der Waals surface area contributed by atoms with Crippen molar-refractivity contribution in [2.45, 2.75) is 26.4 Å². The van der Waals surface area contributed by atoms with Gasteiger partial charge in [-0.3, -0.25) is 9.69 Å². The van der Waals surface area contributed by atoms with Gasteiger partial charge in [0.15, 0.2) is 11.5 Å². The number of aromatic nitrogens is 5. The van der Waals surface area contributed by atoms with E-state index in [4.69, 9.17) is 9.84 Å². The van der Waals surface area contributed by atoms with Crippen LogP contribution in [0.5, 0.6) is 0 Å². The number of fused-ring (bicyclic) bond motifs is 1. The molecule has 0 aliphatic carbocycles. The summed E-state index contributed by atoms with van der Waals surface area (Å²) in [6, 6.07) is 3.97. The number of carboxylic acids is 1. The van der Waals surface area contributed by atoms with E-state index >= 15 is 0 Å². The summed E-state index contributed by atoms with van der Waals surface area (Å²) in [5.74, 6) is -0.814. The molecule has 1 saturated heterocycles. The number of H-pyrrole nitrogens is 1. The fourth-order valence-corrected chi connectivity index (χ4v) is 5.67. The van der Waals surface area contributed by atoms with E-state index in [0.29, 0.717) is 80.5 Å². The fraction of sp³-hybridized carbons (Fsp3) is 0.452. The third-order valence-electron chi connectivity index (χ3n) is 7.79. The molecule has 5 rings (SSSR count). The lowest BCUT2D eigenvalue weighted by Gasteiger charge is -2.34. The van der Waals surface area contributed by atoms with Crippen LogP contribution in [-0.2, 0) is 15.7 Å². The summed E-state index contributed by atoms with van der Waals surface area (Å²) in [5, 5.41) is 8.93. The zero-order chi connectivity index (χ0) is 33.2. The first kappa shape index (κ1) is 33.0. The van der Waals surface area contributed by atoms with E-state index in [1.807, 2.05) is 25.8 Å². The minimum Gasteiger partial charge on any atom is -0.481 e. The first-order valence-electron chi connectivity index (χ1n) is 14.7. The average Bonchev–Trinajstić information content (AvgIpc) is 3.43. The Balaban J connectivity index is 1.47. The molecular formula is C31H36F4N8O3. The molecule has 1 aliphatic rings. The summed E-state index contributed by atoms with van der Waals surface area (Å²) in [4.78, 5) is 38.5. The Morgan fingerprint density at radius 1 is 1.04 bits per heavy atom. The van der Waals surface area contributed by atoms with Crippen molar-refractivity contribution in [2.24, 2.45) is 5.41 Å². The summed E-state index contributed by atoms with van der Waals surface area (Å²) >= 11 is 0. The van der Waals surface area contributed by atoms with E-state index in [2.05, 4.69) is 34.7 Å². The van der Waals surface area contributed by atoms with Crippen LogP contribution in [0.3, 0.4) is 0 Å². The third kappa shape index (κ3) is 7.70. The first-order chi connectivity index (χ1) is 21.7. The Kier molecular flexibility index (Phi) is 9.44. The van der Waals surface area contributed by atoms with Crippen LogP contribution in [0.1, 0.15) is 25.8 Å². The number of carbonyl (C=O) groups is 1. The van der Waals surface area contributed by atoms with E-state index in [1.54, 1.807) is 25.6 Å². The first-order valence-corrected chi connectivity index (χ1v) is 14.7. The fourth-order valence-electron chi connectivity index (χ4n) is 5.67. The molecule has 46 heavy (non-hydrogen) atoms. The zero-order valence-electron chi connectivity index (χ0n) is 26.0. The second kappa shape index (κ2) is 13.2. The molecule has 0 radical (unpaired) electrons. The molecule has 4 aromatic rings. The number of ether oxygens (including phenoxy) is 1. The SMILES string of the molecule is COCC(C)(C)CN(C)c1cc(-c2cc(F)cc(C(F)(F)F)c2)nc2nc(-c3cnc(N4CCN(CCC(=O)O)CC4)cn3)[nH]c12. The highest BCUT2D eigenvalue weighted by molar-refractivity contribution is 5.91. The van der Waals surface area contributed by atoms with Crippen LogP contribution in [0.25, 0.3) is 33.9 Å². The number of halogens is 4. The number of anilines is 2. The normalized spacial score (nSPS) is 14.7. The molecule has 1 aromatic carbocycles. The number of piperazine rings is 1. The summed E-state index contributed by atoms with van der Waals surface area (Å²) in [6.45, 7) is 8.31. The number of nitrogens with zero attached hydrogens (tertiary/aromatic N) is 7. The number of benzene rings is 1. The summed E-state index contributed by atoms with van der Waals surface area (Å²) in [6.07, 6.45) is -1.41. The van der Waals surface area contributed by atoms with E-state index in [-0.39, 0.29) is 28.7 Å². The van der Waals surface area contributed by atoms with Gasteiger partial charge in [-0.05, 0) is 24.3 Å². The molecule has 0 unspecified atom stereocenters. The van der Waals surface area contributed by atoms with Crippen molar-refractivity contribution >= 4 is 28.6 Å². The lowest BCUT2D eigenvalue weighted by molar-refractivity contribution is -0.138. The number of methoxy groups -OCH3 is 1. The van der Waals surface area contributed by atoms with Gasteiger partial charge in [-0.15, -0.1) is 0 Å². The molecule has 246 valence electrons. The maximum absolute atomic E-state index is 14.4. The molecule has 0 spiro atoms. The van der Waals surface area contributed by atoms with Gasteiger partial charge in [0.1, 0.15) is 22.8 Å². The summed E-state index contributed by atoms with van der Waals surface area (Å²) in [7, 11) is 3.46. The van der Waals surface area contributed by atoms with Crippen LogP contribution in [-0.4, -0.2) is 101 Å². The number of nitrogens with one attached hydrogen (secondary N) is 1. The van der Waals surface area contributed by atoms with Gasteiger partial charge in [0.25, 0.3) is 0 Å². The van der Waals surface area contributed by atoms with Crippen LogP contribution < -0.4 is 9.80 Å². The Morgan fingerprint density at radius 3 is 2.41 bits per heavy atom. The van der Waals surface area contributed by atoms with Gasteiger partial charge in [-0.1, -0.05) is 13.8 Å². The standard InChI is InChI=1S/C31H36F4N8O3/c1-30(2,18-46-4)17-41(3)24-14-22(19-11-20(31(33,34)35)13-21(32)12-19)38-29-27(24)39-28(40-29)23-15-37-25(16-36-23)43-9-7-42(8-10-43)6-5-26(44)45/h11-16H,5-10,17-18H2,1-4H3,(H,44,45)(H,38,39,40). The van der Waals surface area contributed by atoms with Crippen LogP contribution in [0.4, 0.5) is 29.1 Å². The Hall–Kier alpha value is -4.37. The molecule has 4 heterocycles. The number of hydrogen-bond donors (Lipinski definition) is 2. The lowest BCUT2D eigenvalue weighted by Crippen LogP contribution is -2.47. The highest BCUT2D eigenvalue weighted by Crippen LogP contribution is 2.36. The Bertz CT molecular complexity index is 1690. The number of imidazole rings is 1. The minimum atomic E-state index is -4.73. The second-order valence-corrected chi connectivity index (χ2v) is 12.2. The molecule has 15 heteroatoms. The number of aliphatic carboxylic acids is 1. The van der Waals surface area contributed by atoms with Crippen LogP contribution in [0.15, 0.2) is 36.7 Å². The number of carboxylic acid groups (broad SMARTS) is 1. The number of hydrogen-bond acceptors (Lipinski definition) is 9. The number of aromatic amines is 1. The molecule has 3 aromatic heterocycles. The predicted octanol–water partition coefficient (Wildman–Crippen LogP) is 4.95. The van der Waals surface area contributed by atoms with Crippen LogP contribution in [0.2, 0.25) is 0 Å². The topological polar surface area (TPSA) is 124 Å². The molecule has 0 bridgehead atoms. The number of pyridine rings is 1. The highest BCUT2D eigenvalue weighted by Gasteiger charge is 2.32. The predicted molar refractivity (Wildman–Crippen MR) is 165 cm³/mol. The van der Waals surface area contributed by atoms with Crippen molar-refractivity contribution in [3.63, 3.8) is 0 Å². The van der Waals surface area contributed by atoms with Crippen molar-refractivity contribution < 1.29 is 32.2 Å². The number of rotatable bonds is 11. The van der Waals surface area contributed by atoms with Crippen LogP contribution in [0, 0.1) is 11.2 Å². The number of alkyl halides is 3. The van der Waals surface area contributed by atoms with Gasteiger partial charge in [-0.25, -0.2) is 24.3 Å². The van der Waals surface area contributed by atoms with Gasteiger partial charge in [0.05, 0.1) is 42.4 Å². The van der Waals surface area contributed by atoms with Gasteiger partial charge < -0.3 is 24.6 Å². The highest BCUT2D eigenvalue weighted by atomic mass is 19.4. The van der Waals surface area contributed by atoms with E-state index < -0.39 is 23.5 Å². The average molecular weight is 645 g/mol. The van der Waals surface area contributed by atoms with E-state index in [0.717, 1.165) is 12.1 Å². The quantitative estimate of drug-likeness (QED) is 0.217. The molecule has 11 nitrogen and oxygen atoms in total. The minimum absolute atomic E-state index is 0.0308. The second-order valence-electron chi connectivity index (χ2n) is 12.2. The van der Waals surface area contributed by atoms with Crippen molar-refractivity contribution in [1.82, 2.24) is 29.8 Å². The monoisotopic (exact) mass is 644 g/mol. The smallest absolute Gasteiger partial charge is 0.416 e. The molecule has 0 amide bonds. The Morgan fingerprint density at radius 2 is 1.78 bits per heavy atom. The third-order valence-corrected chi connectivity index (χ3v) is 7.79. The van der Waals surface area contributed by atoms with Crippen molar-refractivity contribution in [1.29, 1.82) is 0 Å². The largest absolute Gasteiger partial charge is 0.481 e. The molecule has 2 N–H and O–H groups in total. The van der Waals surface area contributed by atoms with E-state index in [9.17, 15) is 22.4 Å². The lowest BCUT2D eigenvalue weighted by atomic mass is 9.94. The molecule has 0 saturated carbocycles. The van der Waals surface area contributed by atoms with Crippen molar-refractivity contribution in [3.8, 4) is 22.8 Å². The molecule has 0 atom stereocenters.